The monoisotopic (exact) mass is 506 g/mol. The predicted octanol–water partition coefficient (Wildman–Crippen LogP) is 11.5. The number of carbonyl (C=O) groups is 1. The van der Waals surface area contributed by atoms with Gasteiger partial charge in [-0.3, -0.25) is 0 Å². The fourth-order valence-corrected chi connectivity index (χ4v) is 4.34. The number of hydrogen-bond acceptors (Lipinski definition) is 3. The summed E-state index contributed by atoms with van der Waals surface area (Å²) in [7, 11) is 0. The first-order chi connectivity index (χ1) is 17.7. The first-order valence-electron chi connectivity index (χ1n) is 15.8. The van der Waals surface area contributed by atoms with Gasteiger partial charge in [-0.15, -0.1) is 0 Å². The number of unbranched alkanes of at least 4 members (excludes halogenated alkanes) is 17. The molecule has 3 nitrogen and oxygen atoms in total. The summed E-state index contributed by atoms with van der Waals surface area (Å²) in [6, 6.07) is 0. The van der Waals surface area contributed by atoms with E-state index in [4.69, 9.17) is 9.47 Å². The standard InChI is InChI=1S/C33H62O3/c1-4-5-6-7-8-9-10-11-12-13-14-15-18-21-24-27-30-35-33(34)36-31-28-25-22-19-16-17-20-23-26-29-32(2)3/h8-9,11-12,32H,4-7,10,13-31H2,1-3H3/b9-8-,12-11-. The van der Waals surface area contributed by atoms with Gasteiger partial charge in [-0.05, 0) is 50.9 Å². The van der Waals surface area contributed by atoms with Crippen molar-refractivity contribution in [3.63, 3.8) is 0 Å². The quantitative estimate of drug-likeness (QED) is 0.0631. The van der Waals surface area contributed by atoms with Crippen LogP contribution in [-0.2, 0) is 9.47 Å². The zero-order valence-corrected chi connectivity index (χ0v) is 24.6. The lowest BCUT2D eigenvalue weighted by atomic mass is 10.0. The summed E-state index contributed by atoms with van der Waals surface area (Å²) in [6.45, 7) is 7.86. The van der Waals surface area contributed by atoms with Crippen LogP contribution in [0.5, 0.6) is 0 Å². The second kappa shape index (κ2) is 30.0. The summed E-state index contributed by atoms with van der Waals surface area (Å²) in [6.07, 6.45) is 36.3. The maximum Gasteiger partial charge on any atom is 0.508 e. The Morgan fingerprint density at radius 3 is 1.44 bits per heavy atom. The van der Waals surface area contributed by atoms with Crippen molar-refractivity contribution >= 4 is 6.16 Å². The molecule has 0 N–H and O–H groups in total. The van der Waals surface area contributed by atoms with E-state index in [2.05, 4.69) is 45.1 Å². The van der Waals surface area contributed by atoms with Crippen LogP contribution in [0, 0.1) is 5.92 Å². The molecule has 0 aromatic rings. The Bertz CT molecular complexity index is 495. The van der Waals surface area contributed by atoms with Crippen molar-refractivity contribution in [2.45, 2.75) is 162 Å². The zero-order valence-electron chi connectivity index (χ0n) is 24.6. The summed E-state index contributed by atoms with van der Waals surface area (Å²) >= 11 is 0. The number of hydrogen-bond donors (Lipinski definition) is 0. The van der Waals surface area contributed by atoms with E-state index in [0.717, 1.165) is 38.0 Å². The minimum Gasteiger partial charge on any atom is -0.434 e. The smallest absolute Gasteiger partial charge is 0.434 e. The maximum atomic E-state index is 11.7. The summed E-state index contributed by atoms with van der Waals surface area (Å²) in [5.41, 5.74) is 0. The summed E-state index contributed by atoms with van der Waals surface area (Å²) < 4.78 is 10.4. The molecule has 0 saturated heterocycles. The van der Waals surface area contributed by atoms with Gasteiger partial charge in [0.1, 0.15) is 0 Å². The van der Waals surface area contributed by atoms with Crippen molar-refractivity contribution < 1.29 is 14.3 Å². The number of carbonyl (C=O) groups excluding carboxylic acids is 1. The van der Waals surface area contributed by atoms with Crippen LogP contribution in [0.25, 0.3) is 0 Å². The first kappa shape index (κ1) is 34.8. The van der Waals surface area contributed by atoms with Crippen molar-refractivity contribution in [3.05, 3.63) is 24.3 Å². The van der Waals surface area contributed by atoms with Gasteiger partial charge in [-0.2, -0.15) is 0 Å². The molecule has 0 aromatic carbocycles. The van der Waals surface area contributed by atoms with Crippen molar-refractivity contribution in [1.29, 1.82) is 0 Å². The predicted molar refractivity (Wildman–Crippen MR) is 158 cm³/mol. The van der Waals surface area contributed by atoms with Gasteiger partial charge < -0.3 is 9.47 Å². The van der Waals surface area contributed by atoms with Gasteiger partial charge in [0.2, 0.25) is 0 Å². The van der Waals surface area contributed by atoms with E-state index >= 15 is 0 Å². The van der Waals surface area contributed by atoms with Gasteiger partial charge in [0.05, 0.1) is 13.2 Å². The lowest BCUT2D eigenvalue weighted by molar-refractivity contribution is 0.0529. The third kappa shape index (κ3) is 30.8. The Hall–Kier alpha value is -1.25. The molecule has 0 heterocycles. The Balaban J connectivity index is 3.23. The van der Waals surface area contributed by atoms with Gasteiger partial charge in [-0.25, -0.2) is 4.79 Å². The molecular formula is C33H62O3. The van der Waals surface area contributed by atoms with Gasteiger partial charge in [0, 0.05) is 0 Å². The van der Waals surface area contributed by atoms with E-state index in [9.17, 15) is 4.79 Å². The second-order valence-electron chi connectivity index (χ2n) is 10.9. The molecule has 0 saturated carbocycles. The Morgan fingerprint density at radius 2 is 0.972 bits per heavy atom. The molecule has 0 amide bonds. The molecule has 0 unspecified atom stereocenters. The van der Waals surface area contributed by atoms with Crippen LogP contribution in [0.2, 0.25) is 0 Å². The second-order valence-corrected chi connectivity index (χ2v) is 10.9. The highest BCUT2D eigenvalue weighted by Crippen LogP contribution is 2.13. The van der Waals surface area contributed by atoms with Gasteiger partial charge >= 0.3 is 6.16 Å². The highest BCUT2D eigenvalue weighted by Gasteiger charge is 2.03. The lowest BCUT2D eigenvalue weighted by Crippen LogP contribution is -2.09. The van der Waals surface area contributed by atoms with E-state index in [1.807, 2.05) is 0 Å². The van der Waals surface area contributed by atoms with Crippen LogP contribution in [0.3, 0.4) is 0 Å². The van der Waals surface area contributed by atoms with Crippen molar-refractivity contribution in [2.75, 3.05) is 13.2 Å². The largest absolute Gasteiger partial charge is 0.508 e. The van der Waals surface area contributed by atoms with Gasteiger partial charge in [0.25, 0.3) is 0 Å². The minimum atomic E-state index is -0.487. The van der Waals surface area contributed by atoms with Crippen LogP contribution in [-0.4, -0.2) is 19.4 Å². The van der Waals surface area contributed by atoms with Crippen molar-refractivity contribution in [1.82, 2.24) is 0 Å². The molecule has 3 heteroatoms. The maximum absolute atomic E-state index is 11.7. The minimum absolute atomic E-state index is 0.487. The lowest BCUT2D eigenvalue weighted by Gasteiger charge is -2.07. The molecule has 0 aliphatic rings. The van der Waals surface area contributed by atoms with Gasteiger partial charge in [-0.1, -0.05) is 141 Å². The third-order valence-electron chi connectivity index (χ3n) is 6.71. The van der Waals surface area contributed by atoms with Crippen LogP contribution in [0.4, 0.5) is 4.79 Å². The summed E-state index contributed by atoms with van der Waals surface area (Å²) in [5, 5.41) is 0. The van der Waals surface area contributed by atoms with Crippen LogP contribution >= 0.6 is 0 Å². The van der Waals surface area contributed by atoms with E-state index in [1.165, 1.54) is 109 Å². The SMILES string of the molecule is CCCCC/C=C\C/C=C\CCCCCCCCOC(=O)OCCCCCCCCCCCC(C)C. The molecular weight excluding hydrogens is 444 g/mol. The molecule has 0 aromatic heterocycles. The van der Waals surface area contributed by atoms with E-state index < -0.39 is 6.16 Å². The average Bonchev–Trinajstić information content (AvgIpc) is 2.86. The fourth-order valence-electron chi connectivity index (χ4n) is 4.34. The highest BCUT2D eigenvalue weighted by atomic mass is 16.7. The fraction of sp³-hybridized carbons (Fsp3) is 0.848. The van der Waals surface area contributed by atoms with Crippen LogP contribution in [0.1, 0.15) is 162 Å². The highest BCUT2D eigenvalue weighted by molar-refractivity contribution is 5.59. The van der Waals surface area contributed by atoms with Crippen molar-refractivity contribution in [3.8, 4) is 0 Å². The molecule has 0 aliphatic heterocycles. The summed E-state index contributed by atoms with van der Waals surface area (Å²) in [4.78, 5) is 11.7. The molecule has 36 heavy (non-hydrogen) atoms. The average molecular weight is 507 g/mol. The first-order valence-corrected chi connectivity index (χ1v) is 15.8. The molecule has 0 radical (unpaired) electrons. The van der Waals surface area contributed by atoms with E-state index in [1.54, 1.807) is 0 Å². The molecule has 0 atom stereocenters. The van der Waals surface area contributed by atoms with Crippen molar-refractivity contribution in [2.24, 2.45) is 5.92 Å². The molecule has 0 aliphatic carbocycles. The van der Waals surface area contributed by atoms with E-state index in [-0.39, 0.29) is 0 Å². The Labute approximate surface area is 225 Å². The number of allylic oxidation sites excluding steroid dienone is 4. The zero-order chi connectivity index (χ0) is 26.4. The number of ether oxygens (including phenoxy) is 2. The topological polar surface area (TPSA) is 35.5 Å². The third-order valence-corrected chi connectivity index (χ3v) is 6.71. The van der Waals surface area contributed by atoms with E-state index in [0.29, 0.717) is 13.2 Å². The van der Waals surface area contributed by atoms with Gasteiger partial charge in [0.15, 0.2) is 0 Å². The normalized spacial score (nSPS) is 11.8. The van der Waals surface area contributed by atoms with Crippen LogP contribution < -0.4 is 0 Å². The van der Waals surface area contributed by atoms with Crippen LogP contribution in [0.15, 0.2) is 24.3 Å². The Kier molecular flexibility index (Phi) is 28.9. The molecule has 212 valence electrons. The number of rotatable bonds is 27. The molecule has 0 fully saturated rings. The Morgan fingerprint density at radius 1 is 0.556 bits per heavy atom. The summed E-state index contributed by atoms with van der Waals surface area (Å²) in [5.74, 6) is 0.847. The molecule has 0 spiro atoms. The molecule has 0 rings (SSSR count). The molecule has 0 bridgehead atoms.